The van der Waals surface area contributed by atoms with Crippen LogP contribution in [0.5, 0.6) is 0 Å². The molecule has 0 aromatic carbocycles. The highest BCUT2D eigenvalue weighted by molar-refractivity contribution is 5.76. The van der Waals surface area contributed by atoms with E-state index in [2.05, 4.69) is 31.3 Å². The van der Waals surface area contributed by atoms with Gasteiger partial charge in [0.05, 0.1) is 25.4 Å². The molecule has 0 aliphatic rings. The molecule has 0 aliphatic heterocycles. The summed E-state index contributed by atoms with van der Waals surface area (Å²) in [6, 6.07) is -0.646. The fraction of sp³-hybridized carbons (Fsp3) is 0.897. The lowest BCUT2D eigenvalue weighted by Gasteiger charge is -2.20. The molecule has 3 N–H and O–H groups in total. The Morgan fingerprint density at radius 3 is 1.11 bits per heavy atom. The molecule has 0 aromatic heterocycles. The maximum Gasteiger partial charge on any atom is 0.305 e. The van der Waals surface area contributed by atoms with Gasteiger partial charge in [0.1, 0.15) is 0 Å². The molecule has 6 nitrogen and oxygen atoms in total. The highest BCUT2D eigenvalue weighted by Gasteiger charge is 2.18. The van der Waals surface area contributed by atoms with Gasteiger partial charge in [0.15, 0.2) is 0 Å². The third-order valence-corrected chi connectivity index (χ3v) is 13.2. The van der Waals surface area contributed by atoms with Gasteiger partial charge in [-0.1, -0.05) is 256 Å². The van der Waals surface area contributed by atoms with Gasteiger partial charge in [-0.3, -0.25) is 9.59 Å². The molecule has 0 fully saturated rings. The number of nitrogens with one attached hydrogen (secondary N) is 1. The molecule has 2 unspecified atom stereocenters. The van der Waals surface area contributed by atoms with E-state index < -0.39 is 12.1 Å². The predicted octanol–water partition coefficient (Wildman–Crippen LogP) is 17.5. The maximum absolute atomic E-state index is 12.4. The number of aliphatic hydroxyl groups excluding tert-OH is 2. The van der Waals surface area contributed by atoms with Crippen molar-refractivity contribution in [2.45, 2.75) is 321 Å². The highest BCUT2D eigenvalue weighted by atomic mass is 16.5. The Balaban J connectivity index is 3.50. The van der Waals surface area contributed by atoms with Crippen LogP contribution in [0.15, 0.2) is 24.3 Å². The van der Waals surface area contributed by atoms with Crippen LogP contribution in [0.1, 0.15) is 309 Å². The minimum atomic E-state index is -0.860. The van der Waals surface area contributed by atoms with Gasteiger partial charge in [0, 0.05) is 12.8 Å². The number of carbonyl (C=O) groups is 2. The minimum absolute atomic E-state index is 0.0198. The van der Waals surface area contributed by atoms with Gasteiger partial charge >= 0.3 is 5.97 Å². The van der Waals surface area contributed by atoms with Crippen molar-refractivity contribution in [2.75, 3.05) is 13.2 Å². The molecule has 378 valence electrons. The van der Waals surface area contributed by atoms with Crippen LogP contribution in [0.25, 0.3) is 0 Å². The minimum Gasteiger partial charge on any atom is -0.466 e. The van der Waals surface area contributed by atoms with Crippen molar-refractivity contribution in [3.8, 4) is 0 Å². The number of esters is 1. The summed E-state index contributed by atoms with van der Waals surface area (Å²) in [7, 11) is 0. The highest BCUT2D eigenvalue weighted by Crippen LogP contribution is 2.17. The van der Waals surface area contributed by atoms with E-state index in [0.29, 0.717) is 19.4 Å². The second kappa shape index (κ2) is 54.0. The lowest BCUT2D eigenvalue weighted by atomic mass is 10.0. The number of unbranched alkanes of at least 4 members (excludes halogenated alkanes) is 40. The van der Waals surface area contributed by atoms with E-state index in [0.717, 1.165) is 77.0 Å². The van der Waals surface area contributed by atoms with Crippen molar-refractivity contribution in [1.29, 1.82) is 0 Å². The largest absolute Gasteiger partial charge is 0.466 e. The van der Waals surface area contributed by atoms with Crippen molar-refractivity contribution >= 4 is 11.9 Å². The van der Waals surface area contributed by atoms with E-state index in [4.69, 9.17) is 4.74 Å². The van der Waals surface area contributed by atoms with Gasteiger partial charge in [0.25, 0.3) is 0 Å². The number of carbonyl (C=O) groups excluding carboxylic acids is 2. The number of allylic oxidation sites excluding steroid dienone is 3. The maximum atomic E-state index is 12.4. The van der Waals surface area contributed by atoms with Crippen molar-refractivity contribution in [3.05, 3.63) is 24.3 Å². The van der Waals surface area contributed by atoms with Crippen LogP contribution < -0.4 is 5.32 Å². The summed E-state index contributed by atoms with van der Waals surface area (Å²) in [5.74, 6) is -0.112. The van der Waals surface area contributed by atoms with Gasteiger partial charge in [-0.25, -0.2) is 0 Å². The summed E-state index contributed by atoms with van der Waals surface area (Å²) in [5, 5.41) is 23.1. The van der Waals surface area contributed by atoms with Gasteiger partial charge in [-0.05, 0) is 64.2 Å². The van der Waals surface area contributed by atoms with E-state index in [9.17, 15) is 19.8 Å². The molecule has 0 radical (unpaired) electrons. The van der Waals surface area contributed by atoms with Crippen molar-refractivity contribution in [1.82, 2.24) is 5.32 Å². The fourth-order valence-corrected chi connectivity index (χ4v) is 8.81. The molecule has 0 saturated heterocycles. The summed E-state index contributed by atoms with van der Waals surface area (Å²) in [4.78, 5) is 24.5. The van der Waals surface area contributed by atoms with E-state index in [1.165, 1.54) is 205 Å². The monoisotopic (exact) mass is 902 g/mol. The topological polar surface area (TPSA) is 95.9 Å². The molecule has 0 aromatic rings. The molecular formula is C58H111NO5. The smallest absolute Gasteiger partial charge is 0.305 e. The van der Waals surface area contributed by atoms with Gasteiger partial charge in [-0.15, -0.1) is 0 Å². The third kappa shape index (κ3) is 49.8. The van der Waals surface area contributed by atoms with Crippen molar-refractivity contribution in [2.24, 2.45) is 0 Å². The Morgan fingerprint density at radius 2 is 0.734 bits per heavy atom. The average molecular weight is 903 g/mol. The van der Waals surface area contributed by atoms with Gasteiger partial charge in [0.2, 0.25) is 5.91 Å². The molecule has 6 heteroatoms. The summed E-state index contributed by atoms with van der Waals surface area (Å²) < 4.78 is 5.46. The van der Waals surface area contributed by atoms with Crippen LogP contribution in [0, 0.1) is 0 Å². The number of rotatable bonds is 53. The summed E-state index contributed by atoms with van der Waals surface area (Å²) in [5.41, 5.74) is 0. The molecule has 0 saturated carbocycles. The van der Waals surface area contributed by atoms with E-state index >= 15 is 0 Å². The van der Waals surface area contributed by atoms with Gasteiger partial charge < -0.3 is 20.3 Å². The first-order valence-electron chi connectivity index (χ1n) is 28.6. The van der Waals surface area contributed by atoms with E-state index in [1.807, 2.05) is 6.08 Å². The number of amides is 1. The second-order valence-corrected chi connectivity index (χ2v) is 19.6. The SMILES string of the molecule is CCCCCCCCCCCCCCCCC/C=C/C(O)C(CO)NC(=O)CCCCCCC/C=C\CCCCCOC(=O)CCCCCCCCCCCCCCCCCCCC. The zero-order valence-electron chi connectivity index (χ0n) is 43.0. The summed E-state index contributed by atoms with van der Waals surface area (Å²) in [6.07, 6.45) is 64.8. The van der Waals surface area contributed by atoms with E-state index in [-0.39, 0.29) is 18.5 Å². The molecule has 0 bridgehead atoms. The van der Waals surface area contributed by atoms with Crippen LogP contribution in [0.4, 0.5) is 0 Å². The Morgan fingerprint density at radius 1 is 0.422 bits per heavy atom. The lowest BCUT2D eigenvalue weighted by Crippen LogP contribution is -2.45. The van der Waals surface area contributed by atoms with Crippen LogP contribution >= 0.6 is 0 Å². The Bertz CT molecular complexity index is 997. The lowest BCUT2D eigenvalue weighted by molar-refractivity contribution is -0.143. The molecule has 0 spiro atoms. The van der Waals surface area contributed by atoms with Crippen LogP contribution in [-0.4, -0.2) is 47.4 Å². The predicted molar refractivity (Wildman–Crippen MR) is 278 cm³/mol. The summed E-state index contributed by atoms with van der Waals surface area (Å²) in [6.45, 7) is 4.86. The molecular weight excluding hydrogens is 791 g/mol. The zero-order chi connectivity index (χ0) is 46.5. The fourth-order valence-electron chi connectivity index (χ4n) is 8.81. The zero-order valence-corrected chi connectivity index (χ0v) is 43.0. The Labute approximate surface area is 399 Å². The Hall–Kier alpha value is -1.66. The average Bonchev–Trinajstić information content (AvgIpc) is 3.29. The molecule has 0 heterocycles. The molecule has 1 amide bonds. The number of hydrogen-bond donors (Lipinski definition) is 3. The van der Waals surface area contributed by atoms with Crippen LogP contribution in [-0.2, 0) is 14.3 Å². The normalized spacial score (nSPS) is 12.8. The number of hydrogen-bond acceptors (Lipinski definition) is 5. The number of ether oxygens (including phenoxy) is 1. The third-order valence-electron chi connectivity index (χ3n) is 13.2. The first-order valence-corrected chi connectivity index (χ1v) is 28.6. The van der Waals surface area contributed by atoms with Crippen LogP contribution in [0.2, 0.25) is 0 Å². The Kier molecular flexibility index (Phi) is 52.6. The first-order chi connectivity index (χ1) is 31.5. The summed E-state index contributed by atoms with van der Waals surface area (Å²) >= 11 is 0. The first kappa shape index (κ1) is 62.3. The van der Waals surface area contributed by atoms with Crippen LogP contribution in [0.3, 0.4) is 0 Å². The van der Waals surface area contributed by atoms with Crippen molar-refractivity contribution in [3.63, 3.8) is 0 Å². The van der Waals surface area contributed by atoms with Gasteiger partial charge in [-0.2, -0.15) is 0 Å². The van der Waals surface area contributed by atoms with E-state index in [1.54, 1.807) is 6.08 Å². The number of aliphatic hydroxyl groups is 2. The molecule has 0 aliphatic carbocycles. The standard InChI is InChI=1S/C58H111NO5/c1-3-5-7-9-11-13-15-17-19-21-23-25-27-32-36-40-44-48-52-58(63)64-53-49-45-41-37-33-29-28-31-35-39-43-47-51-57(62)59-55(54-60)56(61)50-46-42-38-34-30-26-24-22-20-18-16-14-12-10-8-6-4-2/h29,33,46,50,55-56,60-61H,3-28,30-32,34-45,47-49,51-54H2,1-2H3,(H,59,62)/b33-29-,50-46+. The molecule has 0 rings (SSSR count). The second-order valence-electron chi connectivity index (χ2n) is 19.6. The molecule has 2 atom stereocenters. The van der Waals surface area contributed by atoms with Crippen molar-refractivity contribution < 1.29 is 24.5 Å². The molecule has 64 heavy (non-hydrogen) atoms. The quantitative estimate of drug-likeness (QED) is 0.0321.